The average Bonchev–Trinajstić information content (AvgIpc) is 2.52. The molecule has 0 heterocycles. The van der Waals surface area contributed by atoms with E-state index in [1.165, 1.54) is 0 Å². The molecule has 0 unspecified atom stereocenters. The van der Waals surface area contributed by atoms with Crippen molar-refractivity contribution in [2.75, 3.05) is 5.32 Å². The first-order valence-corrected chi connectivity index (χ1v) is 7.67. The van der Waals surface area contributed by atoms with Crippen molar-refractivity contribution in [3.05, 3.63) is 64.7 Å². The van der Waals surface area contributed by atoms with Crippen LogP contribution in [0.25, 0.3) is 0 Å². The molecule has 1 amide bonds. The Morgan fingerprint density at radius 1 is 1.13 bits per heavy atom. The maximum absolute atomic E-state index is 12.2. The minimum Gasteiger partial charge on any atom is -0.481 e. The molecule has 120 valence electrons. The standard InChI is InChI=1S/C18H18ClNO3/c1-12-15(19)8-5-9-16(12)20-17(21)11-14(18(22)23)10-13-6-3-2-4-7-13/h2-9,14H,10-11H2,1H3,(H,20,21)(H,22,23)/t14-/m1/s1. The van der Waals surface area contributed by atoms with Crippen molar-refractivity contribution >= 4 is 29.2 Å². The van der Waals surface area contributed by atoms with Crippen LogP contribution in [0.2, 0.25) is 5.02 Å². The lowest BCUT2D eigenvalue weighted by Crippen LogP contribution is -2.24. The molecule has 23 heavy (non-hydrogen) atoms. The smallest absolute Gasteiger partial charge is 0.307 e. The molecule has 2 aromatic rings. The van der Waals surface area contributed by atoms with Gasteiger partial charge in [-0.3, -0.25) is 9.59 Å². The molecule has 0 saturated carbocycles. The fourth-order valence-corrected chi connectivity index (χ4v) is 2.49. The summed E-state index contributed by atoms with van der Waals surface area (Å²) in [6.07, 6.45) is 0.230. The van der Waals surface area contributed by atoms with Crippen LogP contribution in [0, 0.1) is 12.8 Å². The van der Waals surface area contributed by atoms with Crippen molar-refractivity contribution < 1.29 is 14.7 Å². The van der Waals surface area contributed by atoms with Crippen LogP contribution in [0.1, 0.15) is 17.5 Å². The van der Waals surface area contributed by atoms with Crippen LogP contribution in [0.5, 0.6) is 0 Å². The fourth-order valence-electron chi connectivity index (χ4n) is 2.31. The second-order valence-corrected chi connectivity index (χ2v) is 5.80. The zero-order valence-electron chi connectivity index (χ0n) is 12.8. The number of carboxylic acid groups (broad SMARTS) is 1. The Balaban J connectivity index is 2.03. The van der Waals surface area contributed by atoms with Crippen LogP contribution in [-0.4, -0.2) is 17.0 Å². The maximum atomic E-state index is 12.2. The normalized spacial score (nSPS) is 11.7. The summed E-state index contributed by atoms with van der Waals surface area (Å²) < 4.78 is 0. The van der Waals surface area contributed by atoms with E-state index in [9.17, 15) is 14.7 Å². The number of nitrogens with one attached hydrogen (secondary N) is 1. The largest absolute Gasteiger partial charge is 0.481 e. The van der Waals surface area contributed by atoms with Crippen molar-refractivity contribution in [2.24, 2.45) is 5.92 Å². The minimum atomic E-state index is -0.980. The number of amides is 1. The van der Waals surface area contributed by atoms with Crippen molar-refractivity contribution in [1.29, 1.82) is 0 Å². The SMILES string of the molecule is Cc1c(Cl)cccc1NC(=O)C[C@@H](Cc1ccccc1)C(=O)O. The quantitative estimate of drug-likeness (QED) is 0.843. The zero-order valence-corrected chi connectivity index (χ0v) is 13.5. The number of hydrogen-bond acceptors (Lipinski definition) is 2. The molecular formula is C18H18ClNO3. The Labute approximate surface area is 140 Å². The molecule has 0 bridgehead atoms. The van der Waals surface area contributed by atoms with Gasteiger partial charge in [-0.05, 0) is 36.6 Å². The van der Waals surface area contributed by atoms with E-state index in [0.717, 1.165) is 11.1 Å². The molecule has 0 radical (unpaired) electrons. The number of carboxylic acids is 1. The average molecular weight is 332 g/mol. The summed E-state index contributed by atoms with van der Waals surface area (Å²) in [4.78, 5) is 23.6. The number of hydrogen-bond donors (Lipinski definition) is 2. The van der Waals surface area contributed by atoms with E-state index in [2.05, 4.69) is 5.32 Å². The summed E-state index contributed by atoms with van der Waals surface area (Å²) in [7, 11) is 0. The van der Waals surface area contributed by atoms with Crippen LogP contribution < -0.4 is 5.32 Å². The monoisotopic (exact) mass is 331 g/mol. The van der Waals surface area contributed by atoms with Gasteiger partial charge >= 0.3 is 5.97 Å². The van der Waals surface area contributed by atoms with Gasteiger partial charge in [-0.1, -0.05) is 48.0 Å². The molecule has 5 heteroatoms. The third kappa shape index (κ3) is 4.83. The predicted octanol–water partition coefficient (Wildman–Crippen LogP) is 3.92. The van der Waals surface area contributed by atoms with E-state index in [1.54, 1.807) is 25.1 Å². The maximum Gasteiger partial charge on any atom is 0.307 e. The zero-order chi connectivity index (χ0) is 16.8. The van der Waals surface area contributed by atoms with E-state index < -0.39 is 11.9 Å². The summed E-state index contributed by atoms with van der Waals surface area (Å²) in [5.41, 5.74) is 2.26. The highest BCUT2D eigenvalue weighted by Crippen LogP contribution is 2.23. The lowest BCUT2D eigenvalue weighted by Gasteiger charge is -2.14. The second-order valence-electron chi connectivity index (χ2n) is 5.39. The number of carbonyl (C=O) groups is 2. The van der Waals surface area contributed by atoms with E-state index in [4.69, 9.17) is 11.6 Å². The van der Waals surface area contributed by atoms with Gasteiger partial charge in [0.1, 0.15) is 0 Å². The molecule has 4 nitrogen and oxygen atoms in total. The first-order valence-electron chi connectivity index (χ1n) is 7.29. The Hall–Kier alpha value is -2.33. The first-order chi connectivity index (χ1) is 11.0. The lowest BCUT2D eigenvalue weighted by molar-refractivity contribution is -0.143. The van der Waals surface area contributed by atoms with Crippen LogP contribution in [0.4, 0.5) is 5.69 Å². The first kappa shape index (κ1) is 17.0. The summed E-state index contributed by atoms with van der Waals surface area (Å²) in [5, 5.41) is 12.6. The Morgan fingerprint density at radius 2 is 1.83 bits per heavy atom. The molecule has 0 aliphatic carbocycles. The van der Waals surface area contributed by atoms with Gasteiger partial charge in [0.05, 0.1) is 5.92 Å². The third-order valence-corrected chi connectivity index (χ3v) is 4.06. The highest BCUT2D eigenvalue weighted by Gasteiger charge is 2.22. The van der Waals surface area contributed by atoms with Gasteiger partial charge in [-0.15, -0.1) is 0 Å². The van der Waals surface area contributed by atoms with Crippen molar-refractivity contribution in [1.82, 2.24) is 0 Å². The Bertz CT molecular complexity index is 701. The van der Waals surface area contributed by atoms with Gasteiger partial charge in [0, 0.05) is 17.1 Å². The van der Waals surface area contributed by atoms with Crippen molar-refractivity contribution in [3.63, 3.8) is 0 Å². The molecule has 0 saturated heterocycles. The van der Waals surface area contributed by atoms with Crippen LogP contribution in [-0.2, 0) is 16.0 Å². The summed E-state index contributed by atoms with van der Waals surface area (Å²) in [5.74, 6) is -2.08. The van der Waals surface area contributed by atoms with Gasteiger partial charge in [-0.2, -0.15) is 0 Å². The molecule has 0 aromatic heterocycles. The Morgan fingerprint density at radius 3 is 2.48 bits per heavy atom. The molecule has 2 aromatic carbocycles. The molecule has 0 spiro atoms. The minimum absolute atomic E-state index is 0.0871. The van der Waals surface area contributed by atoms with Crippen LogP contribution in [0.3, 0.4) is 0 Å². The third-order valence-electron chi connectivity index (χ3n) is 3.65. The number of anilines is 1. The topological polar surface area (TPSA) is 66.4 Å². The van der Waals surface area contributed by atoms with Crippen LogP contribution in [0.15, 0.2) is 48.5 Å². The van der Waals surface area contributed by atoms with E-state index in [0.29, 0.717) is 17.1 Å². The summed E-state index contributed by atoms with van der Waals surface area (Å²) in [6.45, 7) is 1.80. The van der Waals surface area contributed by atoms with E-state index >= 15 is 0 Å². The Kier molecular flexibility index (Phi) is 5.77. The molecule has 0 aliphatic rings. The predicted molar refractivity (Wildman–Crippen MR) is 90.7 cm³/mol. The van der Waals surface area contributed by atoms with Crippen molar-refractivity contribution in [3.8, 4) is 0 Å². The number of halogens is 1. The molecule has 0 fully saturated rings. The number of carbonyl (C=O) groups excluding carboxylic acids is 1. The van der Waals surface area contributed by atoms with Gasteiger partial charge in [0.15, 0.2) is 0 Å². The number of aliphatic carboxylic acids is 1. The molecule has 2 N–H and O–H groups in total. The van der Waals surface area contributed by atoms with Crippen molar-refractivity contribution in [2.45, 2.75) is 19.8 Å². The van der Waals surface area contributed by atoms with Crippen LogP contribution >= 0.6 is 11.6 Å². The lowest BCUT2D eigenvalue weighted by atomic mass is 9.96. The molecule has 2 rings (SSSR count). The molecule has 0 aliphatic heterocycles. The second kappa shape index (κ2) is 7.79. The van der Waals surface area contributed by atoms with Gasteiger partial charge in [0.2, 0.25) is 5.91 Å². The van der Waals surface area contributed by atoms with E-state index in [-0.39, 0.29) is 12.3 Å². The molecular weight excluding hydrogens is 314 g/mol. The molecule has 1 atom stereocenters. The summed E-state index contributed by atoms with van der Waals surface area (Å²) in [6, 6.07) is 14.5. The number of rotatable bonds is 6. The van der Waals surface area contributed by atoms with Gasteiger partial charge < -0.3 is 10.4 Å². The highest BCUT2D eigenvalue weighted by molar-refractivity contribution is 6.31. The number of benzene rings is 2. The summed E-state index contributed by atoms with van der Waals surface area (Å²) >= 11 is 6.02. The highest BCUT2D eigenvalue weighted by atomic mass is 35.5. The van der Waals surface area contributed by atoms with Gasteiger partial charge in [0.25, 0.3) is 0 Å². The van der Waals surface area contributed by atoms with E-state index in [1.807, 2.05) is 30.3 Å². The van der Waals surface area contributed by atoms with Gasteiger partial charge in [-0.25, -0.2) is 0 Å². The fraction of sp³-hybridized carbons (Fsp3) is 0.222.